The summed E-state index contributed by atoms with van der Waals surface area (Å²) in [4.78, 5) is 8.36. The van der Waals surface area contributed by atoms with Gasteiger partial charge in [0.25, 0.3) is 6.47 Å². The quantitative estimate of drug-likeness (QED) is 0.0767. The molecule has 0 radical (unpaired) electrons. The van der Waals surface area contributed by atoms with Crippen LogP contribution in [0.2, 0.25) is 0 Å². The Kier molecular flexibility index (Phi) is 35.8. The van der Waals surface area contributed by atoms with E-state index in [2.05, 4.69) is 22.6 Å². The molecule has 3 N–H and O–H groups in total. The Balaban J connectivity index is 0. The van der Waals surface area contributed by atoms with Gasteiger partial charge in [0.2, 0.25) is 0 Å². The first-order valence-electron chi connectivity index (χ1n) is 12.9. The third-order valence-electron chi connectivity index (χ3n) is 5.33. The van der Waals surface area contributed by atoms with Crippen LogP contribution >= 0.6 is 0 Å². The van der Waals surface area contributed by atoms with E-state index in [-0.39, 0.29) is 6.47 Å². The third-order valence-corrected chi connectivity index (χ3v) is 6.17. The number of rotatable bonds is 24. The van der Waals surface area contributed by atoms with Gasteiger partial charge in [0, 0.05) is 0 Å². The van der Waals surface area contributed by atoms with E-state index in [4.69, 9.17) is 9.90 Å². The van der Waals surface area contributed by atoms with Gasteiger partial charge in [-0.2, -0.15) is 0 Å². The SMILES string of the molecule is CCCCCCCCCCCC[NH][Ni][NH]CCCCCCCCCCCC.O=CO. The van der Waals surface area contributed by atoms with E-state index in [1.807, 2.05) is 0 Å². The van der Waals surface area contributed by atoms with Crippen LogP contribution in [0, 0.1) is 0 Å². The van der Waals surface area contributed by atoms with Crippen LogP contribution in [0.4, 0.5) is 0 Å². The van der Waals surface area contributed by atoms with Crippen molar-refractivity contribution in [2.45, 2.75) is 142 Å². The minimum atomic E-state index is -0.250. The molecule has 0 heterocycles. The zero-order valence-corrected chi connectivity index (χ0v) is 21.3. The summed E-state index contributed by atoms with van der Waals surface area (Å²) < 4.78 is 6.95. The fraction of sp³-hybridized carbons (Fsp3) is 0.960. The normalized spacial score (nSPS) is 10.7. The van der Waals surface area contributed by atoms with Gasteiger partial charge in [0.05, 0.1) is 0 Å². The summed E-state index contributed by atoms with van der Waals surface area (Å²) in [5.41, 5.74) is 0. The molecule has 0 aromatic carbocycles. The van der Waals surface area contributed by atoms with Crippen LogP contribution in [0.5, 0.6) is 0 Å². The van der Waals surface area contributed by atoms with Crippen molar-refractivity contribution in [3.8, 4) is 0 Å². The summed E-state index contributed by atoms with van der Waals surface area (Å²) in [6.07, 6.45) is 28.4. The summed E-state index contributed by atoms with van der Waals surface area (Å²) in [5.74, 6) is 0. The van der Waals surface area contributed by atoms with Gasteiger partial charge in [0.1, 0.15) is 0 Å². The molecule has 0 saturated carbocycles. The molecule has 0 saturated heterocycles. The van der Waals surface area contributed by atoms with Crippen LogP contribution in [0.3, 0.4) is 0 Å². The Hall–Kier alpha value is -0.116. The Morgan fingerprint density at radius 3 is 1.03 bits per heavy atom. The summed E-state index contributed by atoms with van der Waals surface area (Å²) >= 11 is 1.53. The van der Waals surface area contributed by atoms with E-state index in [1.165, 1.54) is 143 Å². The smallest absolute Gasteiger partial charge is 0.483 e. The fourth-order valence-corrected chi connectivity index (χ4v) is 4.17. The molecule has 0 aromatic heterocycles. The first kappa shape index (κ1) is 32.1. The molecule has 0 amide bonds. The van der Waals surface area contributed by atoms with Crippen LogP contribution < -0.4 is 8.79 Å². The molecule has 0 spiro atoms. The van der Waals surface area contributed by atoms with Crippen molar-refractivity contribution in [3.05, 3.63) is 0 Å². The van der Waals surface area contributed by atoms with E-state index in [0.29, 0.717) is 0 Å². The number of unbranched alkanes of at least 4 members (excludes halogenated alkanes) is 18. The molecule has 0 rings (SSSR count). The second-order valence-corrected chi connectivity index (χ2v) is 9.22. The summed E-state index contributed by atoms with van der Waals surface area (Å²) in [6, 6.07) is 0. The van der Waals surface area contributed by atoms with Gasteiger partial charge < -0.3 is 5.11 Å². The minimum absolute atomic E-state index is 0.250. The van der Waals surface area contributed by atoms with Crippen LogP contribution in [0.15, 0.2) is 0 Å². The molecule has 0 fully saturated rings. The number of hydrogen-bond acceptors (Lipinski definition) is 3. The van der Waals surface area contributed by atoms with Crippen molar-refractivity contribution >= 4 is 6.47 Å². The molecule has 186 valence electrons. The van der Waals surface area contributed by atoms with Crippen molar-refractivity contribution in [3.63, 3.8) is 0 Å². The monoisotopic (exact) mass is 472 g/mol. The predicted octanol–water partition coefficient (Wildman–Crippen LogP) is 7.62. The standard InChI is InChI=1S/2C12H26N.CH2O2.Ni/c2*1-2-3-4-5-6-7-8-9-10-11-12-13;2-1-3;/h2*13H,2-12H2,1H3;1H,(H,2,3);/q2*-1;;+2. The maximum absolute atomic E-state index is 8.36. The first-order chi connectivity index (χ1) is 14.8. The average Bonchev–Trinajstić information content (AvgIpc) is 2.75. The molecule has 5 heteroatoms. The Bertz CT molecular complexity index is 270. The Morgan fingerprint density at radius 1 is 0.533 bits per heavy atom. The molecule has 30 heavy (non-hydrogen) atoms. The molecule has 4 nitrogen and oxygen atoms in total. The van der Waals surface area contributed by atoms with E-state index in [9.17, 15) is 0 Å². The van der Waals surface area contributed by atoms with Gasteiger partial charge >= 0.3 is 165 Å². The fourth-order valence-electron chi connectivity index (χ4n) is 3.46. The zero-order chi connectivity index (χ0) is 22.4. The number of carbonyl (C=O) groups is 1. The molecule has 0 aliphatic heterocycles. The minimum Gasteiger partial charge on any atom is -0.483 e. The Morgan fingerprint density at radius 2 is 0.767 bits per heavy atom. The van der Waals surface area contributed by atoms with Crippen molar-refractivity contribution in [1.82, 2.24) is 8.79 Å². The molecule has 0 aliphatic carbocycles. The average molecular weight is 473 g/mol. The van der Waals surface area contributed by atoms with Crippen LogP contribution in [0.1, 0.15) is 142 Å². The van der Waals surface area contributed by atoms with Gasteiger partial charge in [-0.15, -0.1) is 0 Å². The van der Waals surface area contributed by atoms with Gasteiger partial charge in [-0.3, -0.25) is 4.79 Å². The van der Waals surface area contributed by atoms with Gasteiger partial charge in [-0.05, 0) is 0 Å². The Labute approximate surface area is 195 Å². The molecule has 0 bridgehead atoms. The number of carboxylic acid groups (broad SMARTS) is 1. The van der Waals surface area contributed by atoms with E-state index in [1.54, 1.807) is 0 Å². The second-order valence-electron chi connectivity index (χ2n) is 8.27. The second kappa shape index (κ2) is 33.5. The summed E-state index contributed by atoms with van der Waals surface area (Å²) in [5, 5.41) is 6.89. The van der Waals surface area contributed by atoms with Crippen LogP contribution in [-0.4, -0.2) is 24.7 Å². The van der Waals surface area contributed by atoms with Crippen molar-refractivity contribution in [2.75, 3.05) is 13.1 Å². The number of hydrogen-bond donors (Lipinski definition) is 3. The van der Waals surface area contributed by atoms with E-state index in [0.717, 1.165) is 13.1 Å². The predicted molar refractivity (Wildman–Crippen MR) is 128 cm³/mol. The van der Waals surface area contributed by atoms with Gasteiger partial charge in [-0.25, -0.2) is 0 Å². The van der Waals surface area contributed by atoms with Gasteiger partial charge in [-0.1, -0.05) is 13.8 Å². The summed E-state index contributed by atoms with van der Waals surface area (Å²) in [6.45, 7) is 6.64. The topological polar surface area (TPSA) is 61.4 Å². The van der Waals surface area contributed by atoms with Crippen LogP contribution in [-0.2, 0) is 19.7 Å². The maximum atomic E-state index is 8.36. The molecule has 0 atom stereocenters. The molecule has 0 aromatic rings. The summed E-state index contributed by atoms with van der Waals surface area (Å²) in [7, 11) is 0. The third kappa shape index (κ3) is 35.3. The van der Waals surface area contributed by atoms with Crippen molar-refractivity contribution in [1.29, 1.82) is 0 Å². The zero-order valence-electron chi connectivity index (χ0n) is 20.3. The molecular formula is C25H54N2NiO2. The van der Waals surface area contributed by atoms with Gasteiger partial charge in [0.15, 0.2) is 0 Å². The first-order valence-corrected chi connectivity index (χ1v) is 13.9. The molecule has 0 unspecified atom stereocenters. The molecule has 0 aliphatic rings. The van der Waals surface area contributed by atoms with E-state index < -0.39 is 0 Å². The van der Waals surface area contributed by atoms with Crippen LogP contribution in [0.25, 0.3) is 0 Å². The van der Waals surface area contributed by atoms with Crippen molar-refractivity contribution < 1.29 is 24.8 Å². The molecular weight excluding hydrogens is 419 g/mol. The van der Waals surface area contributed by atoms with E-state index >= 15 is 0 Å². The number of nitrogens with one attached hydrogen (secondary N) is 2. The van der Waals surface area contributed by atoms with Crippen molar-refractivity contribution in [2.24, 2.45) is 0 Å².